The maximum absolute atomic E-state index is 13.6. The summed E-state index contributed by atoms with van der Waals surface area (Å²) in [6, 6.07) is 23.1. The fourth-order valence-corrected chi connectivity index (χ4v) is 8.02. The van der Waals surface area contributed by atoms with E-state index in [1.165, 1.54) is 52.1 Å². The van der Waals surface area contributed by atoms with E-state index in [-0.39, 0.29) is 105 Å². The topological polar surface area (TPSA) is 209 Å². The van der Waals surface area contributed by atoms with Crippen molar-refractivity contribution in [2.45, 2.75) is 58.5 Å². The lowest BCUT2D eigenvalue weighted by atomic mass is 10.2. The van der Waals surface area contributed by atoms with Gasteiger partial charge < -0.3 is 39.0 Å². The van der Waals surface area contributed by atoms with Gasteiger partial charge in [-0.15, -0.1) is 38.7 Å². The Morgan fingerprint density at radius 3 is 1.43 bits per heavy atom. The fraction of sp³-hybridized carbons (Fsp3) is 0.333. The quantitative estimate of drug-likeness (QED) is 0.0700. The first-order chi connectivity index (χ1) is 36.8. The van der Waals surface area contributed by atoms with Crippen LogP contribution in [0.3, 0.4) is 0 Å². The number of aromatic nitrogens is 8. The first kappa shape index (κ1) is 63.5. The summed E-state index contributed by atoms with van der Waals surface area (Å²) in [5.41, 5.74) is -0.995. The summed E-state index contributed by atoms with van der Waals surface area (Å²) in [7, 11) is 10.1. The van der Waals surface area contributed by atoms with Gasteiger partial charge in [0.1, 0.15) is 23.0 Å². The van der Waals surface area contributed by atoms with Gasteiger partial charge in [0, 0.05) is 42.8 Å². The van der Waals surface area contributed by atoms with Crippen LogP contribution in [0, 0.1) is 0 Å². The Morgan fingerprint density at radius 1 is 0.675 bits per heavy atom. The van der Waals surface area contributed by atoms with Crippen LogP contribution in [0.25, 0.3) is 22.3 Å². The number of ether oxygens (including phenoxy) is 5. The molecule has 20 nitrogen and oxygen atoms in total. The molecule has 1 fully saturated rings. The van der Waals surface area contributed by atoms with Crippen LogP contribution in [0.1, 0.15) is 18.6 Å². The Balaban J connectivity index is 0.000000274. The number of aliphatic hydroxyl groups excluding tert-OH is 1. The number of halogens is 9. The molecule has 5 heterocycles. The van der Waals surface area contributed by atoms with Crippen LogP contribution in [0.15, 0.2) is 116 Å². The molecule has 0 aliphatic carbocycles. The van der Waals surface area contributed by atoms with Gasteiger partial charge in [-0.05, 0) is 87.8 Å². The zero-order chi connectivity index (χ0) is 56.8. The van der Waals surface area contributed by atoms with Crippen molar-refractivity contribution < 1.29 is 55.1 Å². The largest absolute Gasteiger partial charge is 0.573 e. The molecule has 4 aromatic heterocycles. The molecule has 0 bridgehead atoms. The highest BCUT2D eigenvalue weighted by Crippen LogP contribution is 2.32. The average Bonchev–Trinajstić information content (AvgIpc) is 4.02. The van der Waals surface area contributed by atoms with E-state index >= 15 is 0 Å². The molecule has 8 aromatic rings. The number of hydrogen-bond acceptors (Lipinski definition) is 14. The highest BCUT2D eigenvalue weighted by molar-refractivity contribution is 6.30. The molecular weight excluding hydrogens is 1130 g/mol. The highest BCUT2D eigenvalue weighted by Gasteiger charge is 2.33. The minimum absolute atomic E-state index is 0. The van der Waals surface area contributed by atoms with Gasteiger partial charge in [0.05, 0.1) is 45.0 Å². The summed E-state index contributed by atoms with van der Waals surface area (Å²) < 4.78 is 108. The van der Waals surface area contributed by atoms with Gasteiger partial charge in [-0.25, -0.2) is 9.59 Å². The highest BCUT2D eigenvalue weighted by atomic mass is 35.5. The lowest BCUT2D eigenvalue weighted by molar-refractivity contribution is -0.275. The second-order valence-corrected chi connectivity index (χ2v) is 18.6. The molecule has 2 unspecified atom stereocenters. The molecule has 0 spiro atoms. The Morgan fingerprint density at radius 2 is 1.05 bits per heavy atom. The maximum Gasteiger partial charge on any atom is 0.573 e. The second kappa shape index (κ2) is 26.8. The molecule has 1 saturated heterocycles. The van der Waals surface area contributed by atoms with Gasteiger partial charge in [0.2, 0.25) is 0 Å². The van der Waals surface area contributed by atoms with Crippen molar-refractivity contribution in [1.29, 1.82) is 0 Å². The number of nitrogens with one attached hydrogen (secondary N) is 1. The molecule has 29 heteroatoms. The van der Waals surface area contributed by atoms with E-state index < -0.39 is 52.8 Å². The number of imidazole rings is 2. The monoisotopic (exact) mass is 1190 g/mol. The Kier molecular flexibility index (Phi) is 21.2. The average molecular weight is 1190 g/mol. The van der Waals surface area contributed by atoms with Crippen LogP contribution < -0.4 is 46.8 Å². The molecule has 2 atom stereocenters. The molecule has 2 N–H and O–H groups in total. The van der Waals surface area contributed by atoms with Crippen molar-refractivity contribution >= 4 is 57.9 Å². The van der Waals surface area contributed by atoms with Crippen molar-refractivity contribution in [3.8, 4) is 35.0 Å². The van der Waals surface area contributed by atoms with Crippen molar-refractivity contribution in [3.63, 3.8) is 0 Å². The van der Waals surface area contributed by atoms with Crippen molar-refractivity contribution in [2.24, 2.45) is 14.1 Å². The predicted octanol–water partition coefficient (Wildman–Crippen LogP) is 7.79. The zero-order valence-electron chi connectivity index (χ0n) is 42.7. The summed E-state index contributed by atoms with van der Waals surface area (Å²) in [6.45, 7) is 0.634. The lowest BCUT2D eigenvalue weighted by Crippen LogP contribution is -2.43. The van der Waals surface area contributed by atoms with Crippen molar-refractivity contribution in [2.75, 3.05) is 41.3 Å². The van der Waals surface area contributed by atoms with Gasteiger partial charge in [0.25, 0.3) is 11.1 Å². The van der Waals surface area contributed by atoms with Gasteiger partial charge in [-0.2, -0.15) is 9.97 Å². The van der Waals surface area contributed by atoms with Crippen LogP contribution in [0.2, 0.25) is 10.0 Å². The molecule has 432 valence electrons. The number of likely N-dealkylation sites (N-methyl/N-ethyl adjacent to an activating group) is 1. The minimum atomic E-state index is -4.90. The summed E-state index contributed by atoms with van der Waals surface area (Å²) >= 11 is 12.0. The first-order valence-corrected chi connectivity index (χ1v) is 24.1. The minimum Gasteiger partial charge on any atom is -0.425 e. The normalized spacial score (nSPS) is 13.3. The second-order valence-electron chi connectivity index (χ2n) is 17.7. The number of fused-ring (bicyclic) bond motifs is 2. The molecule has 1 aliphatic rings. The smallest absolute Gasteiger partial charge is 0.425 e. The molecule has 4 aromatic carbocycles. The molecular formula is C51H55Cl3F6N10O10. The van der Waals surface area contributed by atoms with E-state index in [0.29, 0.717) is 22.2 Å². The molecule has 0 radical (unpaired) electrons. The number of aliphatic hydroxyl groups is 1. The zero-order valence-corrected chi connectivity index (χ0v) is 45.0. The van der Waals surface area contributed by atoms with Crippen molar-refractivity contribution in [1.82, 2.24) is 47.6 Å². The van der Waals surface area contributed by atoms with E-state index in [1.54, 1.807) is 67.5 Å². The number of aryl methyl sites for hydroxylation is 2. The predicted molar refractivity (Wildman–Crippen MR) is 289 cm³/mol. The summed E-state index contributed by atoms with van der Waals surface area (Å²) in [4.78, 5) is 63.4. The first-order valence-electron chi connectivity index (χ1n) is 23.3. The third-order valence-corrected chi connectivity index (χ3v) is 11.7. The number of benzene rings is 4. The van der Waals surface area contributed by atoms with Gasteiger partial charge >= 0.3 is 36.1 Å². The van der Waals surface area contributed by atoms with Gasteiger partial charge in [-0.1, -0.05) is 67.0 Å². The summed E-state index contributed by atoms with van der Waals surface area (Å²) in [6.07, 6.45) is -11.0. The lowest BCUT2D eigenvalue weighted by Gasteiger charge is -2.17. The van der Waals surface area contributed by atoms with Crippen molar-refractivity contribution in [3.05, 3.63) is 160 Å². The van der Waals surface area contributed by atoms with Crippen LogP contribution >= 0.6 is 35.6 Å². The number of nitrogens with zero attached hydrogens (tertiary/aromatic N) is 9. The Hall–Kier alpha value is -7.33. The third-order valence-electron chi connectivity index (χ3n) is 11.2. The van der Waals surface area contributed by atoms with E-state index in [0.717, 1.165) is 43.5 Å². The summed E-state index contributed by atoms with van der Waals surface area (Å²) in [5, 5.41) is 14.2. The third kappa shape index (κ3) is 16.2. The van der Waals surface area contributed by atoms with E-state index in [1.807, 2.05) is 14.1 Å². The van der Waals surface area contributed by atoms with E-state index in [4.69, 9.17) is 37.4 Å². The van der Waals surface area contributed by atoms with Crippen LogP contribution in [0.5, 0.6) is 35.0 Å². The van der Waals surface area contributed by atoms with E-state index in [2.05, 4.69) is 24.8 Å². The molecule has 0 saturated carbocycles. The number of epoxide rings is 1. The molecule has 1 aliphatic heterocycles. The maximum atomic E-state index is 13.6. The number of alkyl halides is 6. The van der Waals surface area contributed by atoms with Gasteiger partial charge in [0.15, 0.2) is 22.3 Å². The SMILES string of the molecule is C.CN(C)CC(O)Cn1c(=O)c2c(nc(Oc3cccc(OC(F)(F)F)c3)n2Cc2ccc(Cl)cc2)n(C)c1=O.CNC.Cl.Cn1c(=O)n(CC2CO2)c(=O)c2c1nc(Oc1cccc(OC(F)(F)F)c1)n2Cc1ccc(Cl)cc1. The summed E-state index contributed by atoms with van der Waals surface area (Å²) in [5.74, 6) is -1.05. The van der Waals surface area contributed by atoms with E-state index in [9.17, 15) is 50.6 Å². The standard InChI is InChI=1S/C25H25ClF3N5O5.C23H18ClF3N4O5.C2H7N.CH4.ClH/c1-31(2)13-17(35)14-34-22(36)20-21(32(3)24(34)37)30-23(33(20)12-15-7-9-16(26)10-8-15)38-18-5-4-6-19(11-18)39-25(27,28)29;1-29-19-18(20(32)31(22(29)33)11-17-12-34-17)30(10-13-5-7-14(24)8-6-13)21(28-19)35-15-3-2-4-16(9-15)36-23(25,26)27;1-3-2;;/h4-11,17,35H,12-14H2,1-3H3;2-9,17H,10-12H2,1H3;3H,1-2H3;1H4;1H. The fourth-order valence-electron chi connectivity index (χ4n) is 7.77. The van der Waals surface area contributed by atoms with Crippen LogP contribution in [-0.4, -0.2) is 114 Å². The molecule has 9 rings (SSSR count). The molecule has 0 amide bonds. The van der Waals surface area contributed by atoms with Gasteiger partial charge in [-0.3, -0.25) is 37.0 Å². The number of hydrogen-bond donors (Lipinski definition) is 2. The number of rotatable bonds is 16. The van der Waals surface area contributed by atoms with Crippen LogP contribution in [0.4, 0.5) is 26.3 Å². The molecule has 80 heavy (non-hydrogen) atoms. The Labute approximate surface area is 467 Å². The Bertz CT molecular complexity index is 3650. The van der Waals surface area contributed by atoms with Crippen LogP contribution in [-0.2, 0) is 45.0 Å².